The molecule has 3 heterocycles. The molecule has 1 fully saturated rings. The quantitative estimate of drug-likeness (QED) is 0.796. The van der Waals surface area contributed by atoms with Gasteiger partial charge in [-0.05, 0) is 19.0 Å². The number of hydrogen-bond acceptors (Lipinski definition) is 6. The van der Waals surface area contributed by atoms with E-state index in [0.29, 0.717) is 24.9 Å². The van der Waals surface area contributed by atoms with E-state index in [1.165, 1.54) is 5.56 Å². The van der Waals surface area contributed by atoms with Crippen LogP contribution in [-0.4, -0.2) is 63.8 Å². The summed E-state index contributed by atoms with van der Waals surface area (Å²) < 4.78 is 21.1. The number of likely N-dealkylation sites (N-methyl/N-ethyl adjacent to an activating group) is 1. The first kappa shape index (κ1) is 15.9. The van der Waals surface area contributed by atoms with Crippen LogP contribution in [0.3, 0.4) is 0 Å². The molecule has 0 N–H and O–H groups in total. The van der Waals surface area contributed by atoms with Crippen LogP contribution in [0.25, 0.3) is 0 Å². The molecule has 7 nitrogen and oxygen atoms in total. The summed E-state index contributed by atoms with van der Waals surface area (Å²) in [6, 6.07) is 0.483. The van der Waals surface area contributed by atoms with Gasteiger partial charge in [-0.15, -0.1) is 5.10 Å². The van der Waals surface area contributed by atoms with Crippen LogP contribution >= 0.6 is 0 Å². The number of anilines is 1. The summed E-state index contributed by atoms with van der Waals surface area (Å²) in [5.41, 5.74) is 1.21. The molecule has 2 atom stereocenters. The van der Waals surface area contributed by atoms with Gasteiger partial charge < -0.3 is 14.2 Å². The van der Waals surface area contributed by atoms with Crippen LogP contribution in [-0.2, 0) is 13.5 Å². The highest BCUT2D eigenvalue weighted by molar-refractivity contribution is 5.30. The van der Waals surface area contributed by atoms with E-state index in [1.807, 2.05) is 24.3 Å². The Morgan fingerprint density at radius 2 is 2.26 bits per heavy atom. The van der Waals surface area contributed by atoms with Crippen molar-refractivity contribution in [3.63, 3.8) is 0 Å². The molecule has 23 heavy (non-hydrogen) atoms. The number of rotatable bonds is 6. The number of halogens is 1. The lowest BCUT2D eigenvalue weighted by atomic mass is 10.2. The Morgan fingerprint density at radius 3 is 2.91 bits per heavy atom. The zero-order valence-corrected chi connectivity index (χ0v) is 13.8. The Bertz CT molecular complexity index is 641. The van der Waals surface area contributed by atoms with Crippen molar-refractivity contribution in [2.45, 2.75) is 32.0 Å². The molecule has 1 aliphatic heterocycles. The third kappa shape index (κ3) is 3.87. The van der Waals surface area contributed by atoms with Crippen LogP contribution < -0.4 is 4.90 Å². The van der Waals surface area contributed by atoms with Crippen LogP contribution in [0.4, 0.5) is 10.4 Å². The Morgan fingerprint density at radius 1 is 1.43 bits per heavy atom. The maximum atomic E-state index is 13.9. The Labute approximate surface area is 135 Å². The van der Waals surface area contributed by atoms with Gasteiger partial charge in [0.1, 0.15) is 6.17 Å². The average molecular weight is 322 g/mol. The molecule has 0 saturated carbocycles. The molecule has 0 spiro atoms. The van der Waals surface area contributed by atoms with Crippen molar-refractivity contribution in [3.05, 3.63) is 23.8 Å². The molecular formula is C15H23FN6O. The number of nitrogens with zero attached hydrogens (tertiary/aromatic N) is 6. The van der Waals surface area contributed by atoms with Crippen LogP contribution in [0.5, 0.6) is 0 Å². The molecular weight excluding hydrogens is 299 g/mol. The second kappa shape index (κ2) is 6.66. The maximum Gasteiger partial charge on any atom is 0.318 e. The highest BCUT2D eigenvalue weighted by Crippen LogP contribution is 2.26. The zero-order chi connectivity index (χ0) is 16.4. The van der Waals surface area contributed by atoms with Gasteiger partial charge in [-0.3, -0.25) is 4.68 Å². The van der Waals surface area contributed by atoms with Gasteiger partial charge in [-0.1, -0.05) is 5.10 Å². The van der Waals surface area contributed by atoms with Gasteiger partial charge in [0.2, 0.25) is 5.89 Å². The summed E-state index contributed by atoms with van der Waals surface area (Å²) in [5.74, 6) is 0.506. The molecule has 8 heteroatoms. The summed E-state index contributed by atoms with van der Waals surface area (Å²) in [7, 11) is 3.97. The molecule has 3 rings (SSSR count). The molecule has 0 amide bonds. The van der Waals surface area contributed by atoms with Crippen molar-refractivity contribution in [1.29, 1.82) is 0 Å². The van der Waals surface area contributed by atoms with E-state index in [2.05, 4.69) is 27.2 Å². The molecule has 126 valence electrons. The van der Waals surface area contributed by atoms with E-state index in [-0.39, 0.29) is 6.04 Å². The highest BCUT2D eigenvalue weighted by atomic mass is 19.1. The van der Waals surface area contributed by atoms with E-state index in [0.717, 1.165) is 19.5 Å². The lowest BCUT2D eigenvalue weighted by Gasteiger charge is -2.26. The van der Waals surface area contributed by atoms with Crippen molar-refractivity contribution in [3.8, 4) is 0 Å². The minimum atomic E-state index is -0.848. The van der Waals surface area contributed by atoms with Crippen molar-refractivity contribution in [1.82, 2.24) is 24.9 Å². The van der Waals surface area contributed by atoms with Gasteiger partial charge in [0, 0.05) is 45.7 Å². The third-order valence-corrected chi connectivity index (χ3v) is 4.19. The minimum Gasteiger partial charge on any atom is -0.408 e. The second-order valence-corrected chi connectivity index (χ2v) is 6.28. The first-order valence-corrected chi connectivity index (χ1v) is 7.88. The summed E-state index contributed by atoms with van der Waals surface area (Å²) >= 11 is 0. The Kier molecular flexibility index (Phi) is 4.61. The van der Waals surface area contributed by atoms with Crippen molar-refractivity contribution in [2.75, 3.05) is 31.6 Å². The fourth-order valence-corrected chi connectivity index (χ4v) is 3.04. The molecule has 0 aromatic carbocycles. The van der Waals surface area contributed by atoms with E-state index < -0.39 is 6.17 Å². The first-order valence-electron chi connectivity index (χ1n) is 7.88. The molecule has 2 aromatic heterocycles. The van der Waals surface area contributed by atoms with Gasteiger partial charge in [0.05, 0.1) is 12.7 Å². The minimum absolute atomic E-state index is 0.0590. The summed E-state index contributed by atoms with van der Waals surface area (Å²) in [4.78, 5) is 4.11. The van der Waals surface area contributed by atoms with Gasteiger partial charge in [-0.2, -0.15) is 5.10 Å². The zero-order valence-electron chi connectivity index (χ0n) is 13.8. The molecule has 0 radical (unpaired) electrons. The standard InChI is InChI=1S/C15H23FN6O/c1-11-18-19-15(23-11)22-9-13(16)6-14(22)10-20(2)5-4-12-7-17-21(3)8-12/h7-8,13-14H,4-6,9-10H2,1-3H3/t13-,14-/m0/s1. The summed E-state index contributed by atoms with van der Waals surface area (Å²) in [5, 5.41) is 12.0. The third-order valence-electron chi connectivity index (χ3n) is 4.19. The number of alkyl halides is 1. The molecule has 2 aromatic rings. The van der Waals surface area contributed by atoms with Crippen LogP contribution in [0.1, 0.15) is 17.9 Å². The van der Waals surface area contributed by atoms with E-state index in [4.69, 9.17) is 4.42 Å². The van der Waals surface area contributed by atoms with E-state index in [1.54, 1.807) is 11.6 Å². The smallest absolute Gasteiger partial charge is 0.318 e. The van der Waals surface area contributed by atoms with Crippen molar-refractivity contribution < 1.29 is 8.81 Å². The Balaban J connectivity index is 1.56. The van der Waals surface area contributed by atoms with Crippen LogP contribution in [0.15, 0.2) is 16.8 Å². The SMILES string of the molecule is Cc1nnc(N2C[C@@H](F)C[C@H]2CN(C)CCc2cnn(C)c2)o1. The fourth-order valence-electron chi connectivity index (χ4n) is 3.04. The molecule has 1 aliphatic rings. The predicted octanol–water partition coefficient (Wildman–Crippen LogP) is 1.20. The summed E-state index contributed by atoms with van der Waals surface area (Å²) in [6.45, 7) is 3.73. The molecule has 0 bridgehead atoms. The normalized spacial score (nSPS) is 21.5. The fraction of sp³-hybridized carbons (Fsp3) is 0.667. The Hall–Kier alpha value is -1.96. The molecule has 0 unspecified atom stereocenters. The lowest BCUT2D eigenvalue weighted by Crippen LogP contribution is -2.39. The second-order valence-electron chi connectivity index (χ2n) is 6.28. The monoisotopic (exact) mass is 322 g/mol. The van der Waals surface area contributed by atoms with E-state index in [9.17, 15) is 4.39 Å². The maximum absolute atomic E-state index is 13.9. The van der Waals surface area contributed by atoms with E-state index >= 15 is 0 Å². The molecule has 1 saturated heterocycles. The van der Waals surface area contributed by atoms with Gasteiger partial charge in [0.25, 0.3) is 0 Å². The van der Waals surface area contributed by atoms with Crippen molar-refractivity contribution in [2.24, 2.45) is 7.05 Å². The molecule has 0 aliphatic carbocycles. The number of hydrogen-bond donors (Lipinski definition) is 0. The highest BCUT2D eigenvalue weighted by Gasteiger charge is 2.35. The topological polar surface area (TPSA) is 63.2 Å². The predicted molar refractivity (Wildman–Crippen MR) is 84.1 cm³/mol. The van der Waals surface area contributed by atoms with Crippen LogP contribution in [0.2, 0.25) is 0 Å². The largest absolute Gasteiger partial charge is 0.408 e. The average Bonchev–Trinajstić information content (AvgIpc) is 3.18. The first-order chi connectivity index (χ1) is 11.0. The number of aromatic nitrogens is 4. The van der Waals surface area contributed by atoms with Crippen molar-refractivity contribution >= 4 is 6.01 Å². The van der Waals surface area contributed by atoms with Crippen LogP contribution in [0, 0.1) is 6.92 Å². The number of aryl methyl sites for hydroxylation is 2. The lowest BCUT2D eigenvalue weighted by molar-refractivity contribution is 0.296. The van der Waals surface area contributed by atoms with Gasteiger partial charge in [0.15, 0.2) is 0 Å². The van der Waals surface area contributed by atoms with Gasteiger partial charge >= 0.3 is 6.01 Å². The van der Waals surface area contributed by atoms with Gasteiger partial charge in [-0.25, -0.2) is 4.39 Å². The summed E-state index contributed by atoms with van der Waals surface area (Å²) in [6.07, 6.45) is 4.48.